The molecule has 16 heavy (non-hydrogen) atoms. The molecule has 0 spiro atoms. The van der Waals surface area contributed by atoms with Gasteiger partial charge >= 0.3 is 10.1 Å². The molecule has 0 aliphatic heterocycles. The Morgan fingerprint density at radius 1 is 1.56 bits per heavy atom. The van der Waals surface area contributed by atoms with Gasteiger partial charge in [-0.05, 0) is 18.2 Å². The minimum Gasteiger partial charge on any atom is -0.399 e. The highest BCUT2D eigenvalue weighted by Gasteiger charge is 2.17. The van der Waals surface area contributed by atoms with Crippen LogP contribution < -0.4 is 15.2 Å². The van der Waals surface area contributed by atoms with E-state index < -0.39 is 16.0 Å². The van der Waals surface area contributed by atoms with Crippen LogP contribution in [-0.2, 0) is 10.1 Å². The molecule has 4 N–H and O–H groups in total. The Kier molecular flexibility index (Phi) is 3.38. The minimum atomic E-state index is -3.43. The number of carbonyl (C=O) groups excluding carboxylic acids is 1. The maximum absolute atomic E-state index is 11.5. The lowest BCUT2D eigenvalue weighted by atomic mass is 10.1. The molecule has 0 aliphatic carbocycles. The zero-order chi connectivity index (χ0) is 12.3. The highest BCUT2D eigenvalue weighted by atomic mass is 32.2. The first-order valence-corrected chi connectivity index (χ1v) is 6.21. The van der Waals surface area contributed by atoms with E-state index in [1.54, 1.807) is 0 Å². The Balaban J connectivity index is 3.23. The van der Waals surface area contributed by atoms with Crippen LogP contribution in [0.2, 0.25) is 0 Å². The Hall–Kier alpha value is -1.76. The van der Waals surface area contributed by atoms with E-state index >= 15 is 0 Å². The summed E-state index contributed by atoms with van der Waals surface area (Å²) in [5.74, 6) is -0.422. The number of hydrogen-bond donors (Lipinski definition) is 2. The summed E-state index contributed by atoms with van der Waals surface area (Å²) in [6.07, 6.45) is 1.01. The van der Waals surface area contributed by atoms with Gasteiger partial charge in [0, 0.05) is 12.7 Å². The van der Waals surface area contributed by atoms with Crippen molar-refractivity contribution in [2.45, 2.75) is 0 Å². The Labute approximate surface area is 93.5 Å². The fraction of sp³-hybridized carbons (Fsp3) is 0.222. The molecule has 0 heterocycles. The van der Waals surface area contributed by atoms with Crippen molar-refractivity contribution in [1.29, 1.82) is 0 Å². The predicted octanol–water partition coefficient (Wildman–Crippen LogP) is 0.124. The van der Waals surface area contributed by atoms with Crippen LogP contribution in [-0.4, -0.2) is 27.6 Å². The molecule has 7 heteroatoms. The summed E-state index contributed by atoms with van der Waals surface area (Å²) in [5, 5.41) is 2.39. The van der Waals surface area contributed by atoms with E-state index in [0.29, 0.717) is 5.69 Å². The lowest BCUT2D eigenvalue weighted by Gasteiger charge is -2.07. The van der Waals surface area contributed by atoms with Crippen molar-refractivity contribution in [3.63, 3.8) is 0 Å². The number of carbonyl (C=O) groups is 1. The molecule has 1 rings (SSSR count). The molecule has 0 saturated carbocycles. The molecule has 6 nitrogen and oxygen atoms in total. The molecule has 1 atom stereocenters. The number of nitrogens with two attached hydrogens (primary N) is 1. The van der Waals surface area contributed by atoms with Crippen molar-refractivity contribution in [2.24, 2.45) is 0 Å². The lowest BCUT2D eigenvalue weighted by molar-refractivity contribution is 0.0961. The second-order valence-corrected chi connectivity index (χ2v) is 4.78. The summed E-state index contributed by atoms with van der Waals surface area (Å²) >= 11 is 0. The molecule has 0 aliphatic rings. The van der Waals surface area contributed by atoms with Crippen LogP contribution in [0, 0.1) is 0 Å². The molecule has 0 saturated heterocycles. The quantitative estimate of drug-likeness (QED) is 0.448. The van der Waals surface area contributed by atoms with Gasteiger partial charge < -0.3 is 15.2 Å². The molecular weight excluding hydrogens is 232 g/mol. The van der Waals surface area contributed by atoms with E-state index in [0.717, 1.165) is 6.26 Å². The van der Waals surface area contributed by atoms with Gasteiger partial charge in [-0.3, -0.25) is 4.79 Å². The monoisotopic (exact) mass is 245 g/mol. The number of nitrogens with one attached hydrogen (secondary N) is 1. The van der Waals surface area contributed by atoms with Gasteiger partial charge in [0.2, 0.25) is 0 Å². The first-order chi connectivity index (χ1) is 7.33. The average molecular weight is 245 g/mol. The minimum absolute atomic E-state index is 0.0172. The fourth-order valence-corrected chi connectivity index (χ4v) is 1.58. The normalized spacial score (nSPS) is 13.9. The molecule has 88 valence electrons. The van der Waals surface area contributed by atoms with E-state index in [2.05, 4.69) is 5.32 Å². The first-order valence-electron chi connectivity index (χ1n) is 4.36. The van der Waals surface area contributed by atoms with Gasteiger partial charge in [0.25, 0.3) is 5.91 Å². The van der Waals surface area contributed by atoms with Crippen LogP contribution in [0.3, 0.4) is 0 Å². The number of anilines is 1. The summed E-state index contributed by atoms with van der Waals surface area (Å²) < 4.78 is 24.9. The Morgan fingerprint density at radius 2 is 2.19 bits per heavy atom. The van der Waals surface area contributed by atoms with Crippen molar-refractivity contribution >= 4 is 21.7 Å². The lowest BCUT2D eigenvalue weighted by Crippen LogP contribution is -2.20. The maximum Gasteiger partial charge on any atom is 0.449 e. The van der Waals surface area contributed by atoms with Gasteiger partial charge in [0.15, 0.2) is 5.75 Å². The molecule has 1 unspecified atom stereocenters. The number of benzene rings is 1. The fourth-order valence-electron chi connectivity index (χ4n) is 1.10. The molecule has 0 aromatic heterocycles. The molecule has 0 radical (unpaired) electrons. The predicted molar refractivity (Wildman–Crippen MR) is 60.9 cm³/mol. The van der Waals surface area contributed by atoms with Gasteiger partial charge in [-0.2, -0.15) is 4.21 Å². The number of nitrogen functional groups attached to an aromatic ring is 1. The SMILES string of the molecule is CNC(=O)c1cc(N)ccc1OS(C)(=O)=[OH+]. The molecule has 0 bridgehead atoms. The first kappa shape index (κ1) is 12.3. The van der Waals surface area contributed by atoms with Crippen LogP contribution in [0.1, 0.15) is 10.4 Å². The van der Waals surface area contributed by atoms with Crippen molar-refractivity contribution < 1.29 is 17.4 Å². The summed E-state index contributed by atoms with van der Waals surface area (Å²) in [5.41, 5.74) is 6.00. The summed E-state index contributed by atoms with van der Waals surface area (Å²) in [6, 6.07) is 4.23. The average Bonchev–Trinajstić information content (AvgIpc) is 2.17. The zero-order valence-electron chi connectivity index (χ0n) is 8.89. The maximum atomic E-state index is 11.5. The van der Waals surface area contributed by atoms with Gasteiger partial charge in [-0.25, -0.2) is 0 Å². The second kappa shape index (κ2) is 4.40. The van der Waals surface area contributed by atoms with E-state index in [1.807, 2.05) is 0 Å². The van der Waals surface area contributed by atoms with Crippen LogP contribution in [0.25, 0.3) is 0 Å². The molecule has 0 fully saturated rings. The van der Waals surface area contributed by atoms with E-state index in [-0.39, 0.29) is 11.3 Å². The van der Waals surface area contributed by atoms with Gasteiger partial charge in [0.05, 0.1) is 5.56 Å². The molecule has 1 amide bonds. The van der Waals surface area contributed by atoms with Crippen LogP contribution >= 0.6 is 0 Å². The largest absolute Gasteiger partial charge is 0.449 e. The van der Waals surface area contributed by atoms with Crippen molar-refractivity contribution in [3.8, 4) is 5.75 Å². The molecule has 1 aromatic rings. The van der Waals surface area contributed by atoms with Gasteiger partial charge in [-0.15, -0.1) is 4.21 Å². The van der Waals surface area contributed by atoms with E-state index in [9.17, 15) is 9.00 Å². The topological polar surface area (TPSA) is 103 Å². The van der Waals surface area contributed by atoms with Gasteiger partial charge in [-0.1, -0.05) is 0 Å². The number of hydrogen-bond acceptors (Lipinski definition) is 4. The molecular formula is C9H13N2O4S+. The highest BCUT2D eigenvalue weighted by molar-refractivity contribution is 7.86. The van der Waals surface area contributed by atoms with Crippen LogP contribution in [0.5, 0.6) is 5.75 Å². The highest BCUT2D eigenvalue weighted by Crippen LogP contribution is 2.22. The number of rotatable bonds is 3. The summed E-state index contributed by atoms with van der Waals surface area (Å²) in [6.45, 7) is 0. The van der Waals surface area contributed by atoms with E-state index in [1.165, 1.54) is 25.2 Å². The third-order valence-electron chi connectivity index (χ3n) is 1.72. The third kappa shape index (κ3) is 3.13. The summed E-state index contributed by atoms with van der Waals surface area (Å²) in [7, 11) is -1.98. The smallest absolute Gasteiger partial charge is 0.399 e. The second-order valence-electron chi connectivity index (χ2n) is 3.15. The third-order valence-corrected chi connectivity index (χ3v) is 2.21. The van der Waals surface area contributed by atoms with Crippen molar-refractivity contribution in [1.82, 2.24) is 5.32 Å². The van der Waals surface area contributed by atoms with E-state index in [4.69, 9.17) is 14.1 Å². The zero-order valence-corrected chi connectivity index (χ0v) is 9.71. The Morgan fingerprint density at radius 3 is 2.69 bits per heavy atom. The van der Waals surface area contributed by atoms with Crippen molar-refractivity contribution in [3.05, 3.63) is 23.8 Å². The van der Waals surface area contributed by atoms with Gasteiger partial charge in [0.1, 0.15) is 6.26 Å². The Bertz CT molecular complexity index is 510. The summed E-state index contributed by atoms with van der Waals surface area (Å²) in [4.78, 5) is 11.5. The van der Waals surface area contributed by atoms with Crippen molar-refractivity contribution in [2.75, 3.05) is 19.0 Å². The van der Waals surface area contributed by atoms with Crippen LogP contribution in [0.15, 0.2) is 18.2 Å². The standard InChI is InChI=1S/C9H12N2O4S/c1-11-9(12)7-5-6(10)3-4-8(7)15-16(2,13)14/h3-5H,10H2,1-2H3,(H,11,12)/p+1. The van der Waals surface area contributed by atoms with Crippen LogP contribution in [0.4, 0.5) is 5.69 Å². The molecule has 1 aromatic carbocycles. The number of amides is 1.